The summed E-state index contributed by atoms with van der Waals surface area (Å²) in [5.74, 6) is 0.731. The van der Waals surface area contributed by atoms with E-state index in [9.17, 15) is 0 Å². The van der Waals surface area contributed by atoms with Crippen molar-refractivity contribution < 1.29 is 0 Å². The van der Waals surface area contributed by atoms with Crippen LogP contribution in [0.4, 0.5) is 0 Å². The molecule has 10 aromatic rings. The van der Waals surface area contributed by atoms with Crippen molar-refractivity contribution in [3.8, 4) is 28.3 Å². The quantitative estimate of drug-likeness (QED) is 0.199. The first-order valence-corrected chi connectivity index (χ1v) is 16.6. The third-order valence-corrected chi connectivity index (χ3v) is 11.2. The molecule has 6 aromatic carbocycles. The molecule has 10 rings (SSSR count). The lowest BCUT2D eigenvalue weighted by atomic mass is 10.1. The molecule has 0 saturated carbocycles. The molecule has 0 atom stereocenters. The van der Waals surface area contributed by atoms with Gasteiger partial charge < -0.3 is 4.57 Å². The van der Waals surface area contributed by atoms with Crippen molar-refractivity contribution in [2.75, 3.05) is 0 Å². The van der Waals surface area contributed by atoms with E-state index in [1.165, 1.54) is 52.1 Å². The number of rotatable bonds is 3. The molecule has 5 heteroatoms. The lowest BCUT2D eigenvalue weighted by molar-refractivity contribution is 1.16. The van der Waals surface area contributed by atoms with E-state index in [1.54, 1.807) is 11.3 Å². The third kappa shape index (κ3) is 3.62. The van der Waals surface area contributed by atoms with Crippen LogP contribution >= 0.6 is 22.7 Å². The van der Waals surface area contributed by atoms with Gasteiger partial charge in [-0.15, -0.1) is 22.7 Å². The molecular weight excluding hydrogens is 587 g/mol. The van der Waals surface area contributed by atoms with E-state index in [1.807, 2.05) is 11.3 Å². The van der Waals surface area contributed by atoms with Gasteiger partial charge in [0.2, 0.25) is 0 Å². The van der Waals surface area contributed by atoms with Crippen molar-refractivity contribution in [3.05, 3.63) is 140 Å². The van der Waals surface area contributed by atoms with Crippen molar-refractivity contribution in [2.24, 2.45) is 0 Å². The molecule has 0 saturated heterocycles. The fraction of sp³-hybridized carbons (Fsp3) is 0. The fourth-order valence-corrected chi connectivity index (χ4v) is 9.27. The van der Waals surface area contributed by atoms with Gasteiger partial charge in [-0.25, -0.2) is 9.97 Å². The Hall–Kier alpha value is -5.36. The van der Waals surface area contributed by atoms with Crippen molar-refractivity contribution in [1.29, 1.82) is 0 Å². The van der Waals surface area contributed by atoms with Crippen LogP contribution in [0, 0.1) is 0 Å². The monoisotopic (exact) mass is 609 g/mol. The van der Waals surface area contributed by atoms with Gasteiger partial charge in [-0.05, 0) is 36.4 Å². The van der Waals surface area contributed by atoms with Crippen LogP contribution in [-0.2, 0) is 0 Å². The van der Waals surface area contributed by atoms with Gasteiger partial charge in [0.1, 0.15) is 0 Å². The second kappa shape index (κ2) is 9.57. The van der Waals surface area contributed by atoms with Gasteiger partial charge in [-0.3, -0.25) is 0 Å². The van der Waals surface area contributed by atoms with E-state index >= 15 is 0 Å². The summed E-state index contributed by atoms with van der Waals surface area (Å²) in [6.07, 6.45) is 0. The highest BCUT2D eigenvalue weighted by Crippen LogP contribution is 2.45. The second-order valence-corrected chi connectivity index (χ2v) is 13.4. The van der Waals surface area contributed by atoms with Crippen LogP contribution in [-0.4, -0.2) is 14.5 Å². The van der Waals surface area contributed by atoms with Crippen molar-refractivity contribution in [3.63, 3.8) is 0 Å². The Morgan fingerprint density at radius 2 is 1.13 bits per heavy atom. The third-order valence-electron chi connectivity index (χ3n) is 8.83. The van der Waals surface area contributed by atoms with E-state index in [2.05, 4.69) is 144 Å². The van der Waals surface area contributed by atoms with Crippen LogP contribution in [0.15, 0.2) is 140 Å². The molecule has 0 fully saturated rings. The van der Waals surface area contributed by atoms with Crippen LogP contribution < -0.4 is 0 Å². The molecule has 45 heavy (non-hydrogen) atoms. The fourth-order valence-electron chi connectivity index (χ4n) is 6.86. The summed E-state index contributed by atoms with van der Waals surface area (Å²) in [4.78, 5) is 10.7. The predicted molar refractivity (Wildman–Crippen MR) is 193 cm³/mol. The Balaban J connectivity index is 1.30. The van der Waals surface area contributed by atoms with E-state index in [0.29, 0.717) is 0 Å². The minimum atomic E-state index is 0.731. The number of hydrogen-bond acceptors (Lipinski definition) is 4. The smallest absolute Gasteiger partial charge is 0.162 e. The molecule has 4 aromatic heterocycles. The Morgan fingerprint density at radius 1 is 0.467 bits per heavy atom. The van der Waals surface area contributed by atoms with E-state index in [-0.39, 0.29) is 0 Å². The van der Waals surface area contributed by atoms with E-state index < -0.39 is 0 Å². The summed E-state index contributed by atoms with van der Waals surface area (Å²) < 4.78 is 7.39. The van der Waals surface area contributed by atoms with Gasteiger partial charge >= 0.3 is 0 Å². The zero-order valence-corrected chi connectivity index (χ0v) is 25.6. The predicted octanol–water partition coefficient (Wildman–Crippen LogP) is 11.6. The molecule has 3 nitrogen and oxygen atoms in total. The molecular formula is C40H23N3S2. The van der Waals surface area contributed by atoms with Crippen molar-refractivity contribution in [2.45, 2.75) is 0 Å². The number of aromatic nitrogens is 3. The Bertz CT molecular complexity index is 2770. The van der Waals surface area contributed by atoms with Crippen LogP contribution in [0.1, 0.15) is 0 Å². The Labute approximate surface area is 266 Å². The number of thiophene rings is 2. The molecule has 0 aliphatic rings. The molecule has 0 bridgehead atoms. The first-order chi connectivity index (χ1) is 22.3. The van der Waals surface area contributed by atoms with Crippen molar-refractivity contribution >= 4 is 85.0 Å². The van der Waals surface area contributed by atoms with E-state index in [4.69, 9.17) is 9.97 Å². The Kier molecular flexibility index (Phi) is 5.32. The topological polar surface area (TPSA) is 30.7 Å². The van der Waals surface area contributed by atoms with Gasteiger partial charge in [0, 0.05) is 52.2 Å². The van der Waals surface area contributed by atoms with Gasteiger partial charge in [0.15, 0.2) is 5.82 Å². The van der Waals surface area contributed by atoms with Crippen LogP contribution in [0.2, 0.25) is 0 Å². The maximum absolute atomic E-state index is 5.33. The maximum Gasteiger partial charge on any atom is 0.162 e. The number of nitrogens with zero attached hydrogens (tertiary/aromatic N) is 3. The standard InChI is InChI=1S/C40H23N3S2/c1-2-12-24(13-3-1)36-39-37(29-17-7-11-21-34(29)45-39)42-40(41-36)28-16-5-9-19-31(28)43-30-18-8-4-15-27(30)35-32(43)23-22-26-25-14-6-10-20-33(25)44-38(26)35/h1-23H. The lowest BCUT2D eigenvalue weighted by Gasteiger charge is -2.14. The number of fused-ring (bicyclic) bond motifs is 10. The van der Waals surface area contributed by atoms with Gasteiger partial charge in [0.25, 0.3) is 0 Å². The lowest BCUT2D eigenvalue weighted by Crippen LogP contribution is -2.00. The van der Waals surface area contributed by atoms with Crippen LogP contribution in [0.3, 0.4) is 0 Å². The molecule has 0 aliphatic heterocycles. The molecule has 4 heterocycles. The summed E-state index contributed by atoms with van der Waals surface area (Å²) >= 11 is 3.65. The normalized spacial score (nSPS) is 12.0. The van der Waals surface area contributed by atoms with Crippen LogP contribution in [0.25, 0.3) is 90.6 Å². The maximum atomic E-state index is 5.33. The average molecular weight is 610 g/mol. The summed E-state index contributed by atoms with van der Waals surface area (Å²) in [5, 5.41) is 6.34. The second-order valence-electron chi connectivity index (χ2n) is 11.3. The summed E-state index contributed by atoms with van der Waals surface area (Å²) in [5.41, 5.74) is 7.51. The molecule has 0 amide bonds. The zero-order valence-electron chi connectivity index (χ0n) is 23.9. The van der Waals surface area contributed by atoms with Crippen molar-refractivity contribution in [1.82, 2.24) is 14.5 Å². The number of para-hydroxylation sites is 2. The first kappa shape index (κ1) is 25.0. The highest BCUT2D eigenvalue weighted by molar-refractivity contribution is 7.27. The minimum absolute atomic E-state index is 0.731. The molecule has 0 spiro atoms. The highest BCUT2D eigenvalue weighted by atomic mass is 32.1. The van der Waals surface area contributed by atoms with E-state index in [0.717, 1.165) is 38.5 Å². The minimum Gasteiger partial charge on any atom is -0.308 e. The molecule has 210 valence electrons. The molecule has 0 aliphatic carbocycles. The van der Waals surface area contributed by atoms with Gasteiger partial charge in [-0.1, -0.05) is 103 Å². The molecule has 0 unspecified atom stereocenters. The SMILES string of the molecule is c1ccc(-c2nc(-c3ccccc3-n3c4ccccc4c4c5sc6ccccc6c5ccc43)nc3c2sc2ccccc23)cc1. The average Bonchev–Trinajstić information content (AvgIpc) is 3.78. The largest absolute Gasteiger partial charge is 0.308 e. The first-order valence-electron chi connectivity index (χ1n) is 15.0. The van der Waals surface area contributed by atoms with Gasteiger partial charge in [0.05, 0.1) is 32.6 Å². The van der Waals surface area contributed by atoms with Crippen LogP contribution in [0.5, 0.6) is 0 Å². The summed E-state index contributed by atoms with van der Waals surface area (Å²) in [6, 6.07) is 49.7. The number of hydrogen-bond donors (Lipinski definition) is 0. The summed E-state index contributed by atoms with van der Waals surface area (Å²) in [7, 11) is 0. The number of benzene rings is 6. The molecule has 0 N–H and O–H groups in total. The van der Waals surface area contributed by atoms with Gasteiger partial charge in [-0.2, -0.15) is 0 Å². The zero-order chi connectivity index (χ0) is 29.5. The molecule has 0 radical (unpaired) electrons. The summed E-state index contributed by atoms with van der Waals surface area (Å²) in [6.45, 7) is 0. The highest BCUT2D eigenvalue weighted by Gasteiger charge is 2.22. The Morgan fingerprint density at radius 3 is 2.00 bits per heavy atom.